The van der Waals surface area contributed by atoms with E-state index >= 15 is 0 Å². The molecule has 1 aliphatic heterocycles. The quantitative estimate of drug-likeness (QED) is 0.870. The van der Waals surface area contributed by atoms with Crippen LogP contribution >= 0.6 is 0 Å². The molecule has 1 aromatic carbocycles. The van der Waals surface area contributed by atoms with E-state index in [-0.39, 0.29) is 5.82 Å². The molecule has 2 aliphatic rings. The zero-order chi connectivity index (χ0) is 12.7. The highest BCUT2D eigenvalue weighted by molar-refractivity contribution is 5.56. The number of anilines is 1. The molecule has 1 saturated heterocycles. The van der Waals surface area contributed by atoms with Crippen molar-refractivity contribution < 1.29 is 9.50 Å². The second kappa shape index (κ2) is 4.54. The van der Waals surface area contributed by atoms with Crippen LogP contribution < -0.4 is 4.90 Å². The van der Waals surface area contributed by atoms with Crippen LogP contribution in [0.2, 0.25) is 0 Å². The van der Waals surface area contributed by atoms with E-state index < -0.39 is 6.10 Å². The van der Waals surface area contributed by atoms with Gasteiger partial charge in [-0.1, -0.05) is 12.5 Å². The molecular formula is C15H20FNO. The van der Waals surface area contributed by atoms with Crippen molar-refractivity contribution in [1.82, 2.24) is 0 Å². The summed E-state index contributed by atoms with van der Waals surface area (Å²) >= 11 is 0. The van der Waals surface area contributed by atoms with Crippen LogP contribution in [-0.2, 0) is 0 Å². The van der Waals surface area contributed by atoms with Gasteiger partial charge >= 0.3 is 0 Å². The zero-order valence-electron chi connectivity index (χ0n) is 10.8. The largest absolute Gasteiger partial charge is 0.389 e. The molecule has 3 heteroatoms. The summed E-state index contributed by atoms with van der Waals surface area (Å²) in [6.07, 6.45) is 3.21. The molecule has 3 rings (SSSR count). The highest BCUT2D eigenvalue weighted by Crippen LogP contribution is 2.41. The predicted molar refractivity (Wildman–Crippen MR) is 70.1 cm³/mol. The van der Waals surface area contributed by atoms with E-state index in [1.54, 1.807) is 13.0 Å². The van der Waals surface area contributed by atoms with Gasteiger partial charge in [-0.05, 0) is 43.7 Å². The first kappa shape index (κ1) is 12.0. The van der Waals surface area contributed by atoms with Crippen LogP contribution in [-0.4, -0.2) is 18.2 Å². The van der Waals surface area contributed by atoms with Gasteiger partial charge in [0.2, 0.25) is 0 Å². The Morgan fingerprint density at radius 3 is 2.56 bits per heavy atom. The first-order valence-corrected chi connectivity index (χ1v) is 6.88. The molecule has 1 aromatic rings. The Morgan fingerprint density at radius 2 is 1.94 bits per heavy atom. The molecule has 0 bridgehead atoms. The summed E-state index contributed by atoms with van der Waals surface area (Å²) in [7, 11) is 0. The van der Waals surface area contributed by atoms with Crippen LogP contribution in [0.3, 0.4) is 0 Å². The molecule has 2 fully saturated rings. The van der Waals surface area contributed by atoms with Crippen molar-refractivity contribution >= 4 is 5.69 Å². The minimum absolute atomic E-state index is 0.292. The number of aliphatic hydroxyl groups is 1. The SMILES string of the molecule is C[C@@H](O)c1c(F)cccc1N1CC2CCCC2C1. The van der Waals surface area contributed by atoms with E-state index in [1.165, 1.54) is 25.3 Å². The van der Waals surface area contributed by atoms with Crippen molar-refractivity contribution in [3.63, 3.8) is 0 Å². The third-order valence-electron chi connectivity index (χ3n) is 4.51. The van der Waals surface area contributed by atoms with Gasteiger partial charge in [-0.3, -0.25) is 0 Å². The fraction of sp³-hybridized carbons (Fsp3) is 0.600. The monoisotopic (exact) mass is 249 g/mol. The normalized spacial score (nSPS) is 28.5. The van der Waals surface area contributed by atoms with E-state index in [2.05, 4.69) is 4.90 Å². The first-order chi connectivity index (χ1) is 8.66. The maximum absolute atomic E-state index is 13.9. The highest BCUT2D eigenvalue weighted by atomic mass is 19.1. The van der Waals surface area contributed by atoms with Crippen LogP contribution in [0.4, 0.5) is 10.1 Å². The fourth-order valence-corrected chi connectivity index (χ4v) is 3.65. The number of aliphatic hydroxyl groups excluding tert-OH is 1. The number of benzene rings is 1. The average Bonchev–Trinajstić information content (AvgIpc) is 2.87. The van der Waals surface area contributed by atoms with E-state index in [0.29, 0.717) is 5.56 Å². The highest BCUT2D eigenvalue weighted by Gasteiger charge is 2.37. The lowest BCUT2D eigenvalue weighted by Crippen LogP contribution is -2.23. The van der Waals surface area contributed by atoms with Crippen LogP contribution in [0.15, 0.2) is 18.2 Å². The zero-order valence-corrected chi connectivity index (χ0v) is 10.8. The molecule has 18 heavy (non-hydrogen) atoms. The van der Waals surface area contributed by atoms with Crippen molar-refractivity contribution in [2.75, 3.05) is 18.0 Å². The number of halogens is 1. The lowest BCUT2D eigenvalue weighted by Gasteiger charge is -2.24. The fourth-order valence-electron chi connectivity index (χ4n) is 3.65. The summed E-state index contributed by atoms with van der Waals surface area (Å²) in [6.45, 7) is 3.68. The van der Waals surface area contributed by atoms with Gasteiger partial charge in [0.1, 0.15) is 5.82 Å². The third-order valence-corrected chi connectivity index (χ3v) is 4.51. The molecule has 2 nitrogen and oxygen atoms in total. The van der Waals surface area contributed by atoms with Crippen molar-refractivity contribution in [1.29, 1.82) is 0 Å². The van der Waals surface area contributed by atoms with Crippen LogP contribution in [0.1, 0.15) is 37.9 Å². The van der Waals surface area contributed by atoms with Gasteiger partial charge in [0.05, 0.1) is 6.10 Å². The van der Waals surface area contributed by atoms with Gasteiger partial charge in [-0.2, -0.15) is 0 Å². The smallest absolute Gasteiger partial charge is 0.131 e. The summed E-state index contributed by atoms with van der Waals surface area (Å²) in [6, 6.07) is 5.11. The number of hydrogen-bond donors (Lipinski definition) is 1. The first-order valence-electron chi connectivity index (χ1n) is 6.88. The number of rotatable bonds is 2. The van der Waals surface area contributed by atoms with Crippen molar-refractivity contribution in [2.45, 2.75) is 32.3 Å². The number of nitrogens with zero attached hydrogens (tertiary/aromatic N) is 1. The Kier molecular flexibility index (Phi) is 3.02. The third kappa shape index (κ3) is 1.91. The lowest BCUT2D eigenvalue weighted by atomic mass is 10.0. The van der Waals surface area contributed by atoms with Crippen LogP contribution in [0.25, 0.3) is 0 Å². The molecule has 2 unspecified atom stereocenters. The summed E-state index contributed by atoms with van der Waals surface area (Å²) in [5, 5.41) is 9.78. The summed E-state index contributed by atoms with van der Waals surface area (Å²) in [5.41, 5.74) is 1.34. The molecule has 1 heterocycles. The Morgan fingerprint density at radius 1 is 1.28 bits per heavy atom. The maximum atomic E-state index is 13.9. The number of hydrogen-bond acceptors (Lipinski definition) is 2. The molecule has 98 valence electrons. The second-order valence-electron chi connectivity index (χ2n) is 5.70. The predicted octanol–water partition coefficient (Wildman–Crippen LogP) is 3.12. The van der Waals surface area contributed by atoms with Crippen LogP contribution in [0.5, 0.6) is 0 Å². The van der Waals surface area contributed by atoms with Gasteiger partial charge in [0, 0.05) is 24.3 Å². The molecule has 0 amide bonds. The standard InChI is InChI=1S/C15H20FNO/c1-10(18)15-13(16)6-3-7-14(15)17-8-11-4-2-5-12(11)9-17/h3,6-7,10-12,18H,2,4-5,8-9H2,1H3/t10-,11?,12?/m1/s1. The van der Waals surface area contributed by atoms with Crippen molar-refractivity contribution in [3.8, 4) is 0 Å². The minimum atomic E-state index is -0.748. The molecule has 0 spiro atoms. The molecule has 1 N–H and O–H groups in total. The second-order valence-corrected chi connectivity index (χ2v) is 5.70. The Balaban J connectivity index is 1.91. The molecule has 1 saturated carbocycles. The van der Waals surface area contributed by atoms with Crippen molar-refractivity contribution in [2.24, 2.45) is 11.8 Å². The molecule has 0 aromatic heterocycles. The summed E-state index contributed by atoms with van der Waals surface area (Å²) in [4.78, 5) is 2.26. The lowest BCUT2D eigenvalue weighted by molar-refractivity contribution is 0.194. The van der Waals surface area contributed by atoms with Gasteiger partial charge in [0.15, 0.2) is 0 Å². The molecule has 3 atom stereocenters. The Bertz CT molecular complexity index is 434. The van der Waals surface area contributed by atoms with E-state index in [0.717, 1.165) is 30.6 Å². The van der Waals surface area contributed by atoms with Gasteiger partial charge in [-0.15, -0.1) is 0 Å². The summed E-state index contributed by atoms with van der Waals surface area (Å²) < 4.78 is 13.9. The minimum Gasteiger partial charge on any atom is -0.389 e. The van der Waals surface area contributed by atoms with Gasteiger partial charge in [-0.25, -0.2) is 4.39 Å². The van der Waals surface area contributed by atoms with Crippen LogP contribution in [0, 0.1) is 17.7 Å². The van der Waals surface area contributed by atoms with E-state index in [4.69, 9.17) is 0 Å². The maximum Gasteiger partial charge on any atom is 0.131 e. The topological polar surface area (TPSA) is 23.5 Å². The Labute approximate surface area is 107 Å². The molecule has 0 radical (unpaired) electrons. The Hall–Kier alpha value is -1.09. The van der Waals surface area contributed by atoms with Crippen molar-refractivity contribution in [3.05, 3.63) is 29.6 Å². The summed E-state index contributed by atoms with van der Waals surface area (Å²) in [5.74, 6) is 1.25. The van der Waals surface area contributed by atoms with Gasteiger partial charge < -0.3 is 10.0 Å². The molecule has 1 aliphatic carbocycles. The van der Waals surface area contributed by atoms with E-state index in [9.17, 15) is 9.50 Å². The van der Waals surface area contributed by atoms with Gasteiger partial charge in [0.25, 0.3) is 0 Å². The number of fused-ring (bicyclic) bond motifs is 1. The average molecular weight is 249 g/mol. The molecular weight excluding hydrogens is 229 g/mol. The van der Waals surface area contributed by atoms with E-state index in [1.807, 2.05) is 6.07 Å².